The highest BCUT2D eigenvalue weighted by molar-refractivity contribution is 7.70. The minimum atomic E-state index is -2.41. The number of hydrogen-bond acceptors (Lipinski definition) is 8. The first-order valence-corrected chi connectivity index (χ1v) is 15.5. The lowest BCUT2D eigenvalue weighted by molar-refractivity contribution is 0.417. The standard InChI is InChI=1S/C23H30N4O4P2/c1-15-14-24-23(26-19-11-9-17(33(6,7)29)13-21(19)31-3)27-22(15)25-18-10-8-16(32(4,5)28)12-20(18)30-2/h8-14H,1-7H3,(H2,24,25,26,27). The highest BCUT2D eigenvalue weighted by atomic mass is 31.2. The number of anilines is 4. The summed E-state index contributed by atoms with van der Waals surface area (Å²) >= 11 is 0. The number of hydrogen-bond donors (Lipinski definition) is 2. The molecule has 0 amide bonds. The van der Waals surface area contributed by atoms with E-state index < -0.39 is 14.3 Å². The maximum Gasteiger partial charge on any atom is 0.229 e. The van der Waals surface area contributed by atoms with Gasteiger partial charge in [-0.1, -0.05) is 0 Å². The molecule has 0 bridgehead atoms. The number of ether oxygens (including phenoxy) is 2. The topological polar surface area (TPSA) is 102 Å². The average Bonchev–Trinajstić information content (AvgIpc) is 2.75. The van der Waals surface area contributed by atoms with E-state index in [0.717, 1.165) is 16.2 Å². The maximum atomic E-state index is 12.4. The summed E-state index contributed by atoms with van der Waals surface area (Å²) in [5.74, 6) is 2.09. The van der Waals surface area contributed by atoms with Gasteiger partial charge in [0.25, 0.3) is 0 Å². The first-order valence-electron chi connectivity index (χ1n) is 10.3. The van der Waals surface area contributed by atoms with E-state index in [1.54, 1.807) is 65.3 Å². The third-order valence-electron chi connectivity index (χ3n) is 5.09. The highest BCUT2D eigenvalue weighted by Crippen LogP contribution is 2.39. The molecule has 0 unspecified atom stereocenters. The molecular weight excluding hydrogens is 458 g/mol. The summed E-state index contributed by atoms with van der Waals surface area (Å²) in [6, 6.07) is 10.8. The molecule has 2 N–H and O–H groups in total. The molecule has 8 nitrogen and oxygen atoms in total. The van der Waals surface area contributed by atoms with Crippen LogP contribution in [-0.4, -0.2) is 50.8 Å². The lowest BCUT2D eigenvalue weighted by Gasteiger charge is -2.16. The fourth-order valence-corrected chi connectivity index (χ4v) is 4.84. The van der Waals surface area contributed by atoms with Gasteiger partial charge in [0.05, 0.1) is 25.6 Å². The van der Waals surface area contributed by atoms with E-state index in [-0.39, 0.29) is 0 Å². The second-order valence-corrected chi connectivity index (χ2v) is 14.9. The van der Waals surface area contributed by atoms with Crippen molar-refractivity contribution in [1.82, 2.24) is 9.97 Å². The minimum Gasteiger partial charge on any atom is -0.495 e. The molecule has 3 rings (SSSR count). The summed E-state index contributed by atoms with van der Waals surface area (Å²) in [7, 11) is -1.69. The van der Waals surface area contributed by atoms with Gasteiger partial charge in [0.1, 0.15) is 31.6 Å². The summed E-state index contributed by atoms with van der Waals surface area (Å²) < 4.78 is 35.8. The number of benzene rings is 2. The van der Waals surface area contributed by atoms with Gasteiger partial charge < -0.3 is 29.2 Å². The Morgan fingerprint density at radius 3 is 1.73 bits per heavy atom. The van der Waals surface area contributed by atoms with Crippen LogP contribution >= 0.6 is 14.3 Å². The molecular formula is C23H30N4O4P2. The van der Waals surface area contributed by atoms with Crippen molar-refractivity contribution in [2.24, 2.45) is 0 Å². The zero-order valence-corrected chi connectivity index (χ0v) is 21.8. The quantitative estimate of drug-likeness (QED) is 0.437. The molecule has 0 aliphatic rings. The van der Waals surface area contributed by atoms with Crippen LogP contribution in [0.5, 0.6) is 11.5 Å². The molecule has 0 saturated heterocycles. The van der Waals surface area contributed by atoms with Crippen LogP contribution in [0.2, 0.25) is 0 Å². The zero-order chi connectivity index (χ0) is 24.4. The van der Waals surface area contributed by atoms with E-state index in [9.17, 15) is 9.13 Å². The number of aromatic nitrogens is 2. The molecule has 2 aromatic carbocycles. The summed E-state index contributed by atoms with van der Waals surface area (Å²) in [4.78, 5) is 8.97. The predicted molar refractivity (Wildman–Crippen MR) is 137 cm³/mol. The summed E-state index contributed by atoms with van der Waals surface area (Å²) in [5.41, 5.74) is 2.20. The van der Waals surface area contributed by atoms with Gasteiger partial charge in [-0.2, -0.15) is 4.98 Å². The first kappa shape index (κ1) is 24.8. The van der Waals surface area contributed by atoms with Gasteiger partial charge in [-0.25, -0.2) is 4.98 Å². The highest BCUT2D eigenvalue weighted by Gasteiger charge is 2.17. The monoisotopic (exact) mass is 488 g/mol. The van der Waals surface area contributed by atoms with Crippen molar-refractivity contribution >= 4 is 48.0 Å². The lowest BCUT2D eigenvalue weighted by Crippen LogP contribution is -2.08. The van der Waals surface area contributed by atoms with Crippen LogP contribution < -0.4 is 30.7 Å². The number of rotatable bonds is 8. The van der Waals surface area contributed by atoms with E-state index >= 15 is 0 Å². The van der Waals surface area contributed by atoms with E-state index in [1.165, 1.54) is 0 Å². The Morgan fingerprint density at radius 2 is 1.27 bits per heavy atom. The largest absolute Gasteiger partial charge is 0.495 e. The predicted octanol–water partition coefficient (Wildman–Crippen LogP) is 4.79. The lowest BCUT2D eigenvalue weighted by atomic mass is 10.2. The molecule has 0 fully saturated rings. The van der Waals surface area contributed by atoms with Gasteiger partial charge in [0.2, 0.25) is 5.95 Å². The summed E-state index contributed by atoms with van der Waals surface area (Å²) in [6.45, 7) is 8.78. The van der Waals surface area contributed by atoms with Crippen LogP contribution in [0.3, 0.4) is 0 Å². The molecule has 1 heterocycles. The van der Waals surface area contributed by atoms with Crippen LogP contribution in [0.1, 0.15) is 5.56 Å². The zero-order valence-electron chi connectivity index (χ0n) is 20.0. The Labute approximate surface area is 194 Å². The Kier molecular flexibility index (Phi) is 7.20. The van der Waals surface area contributed by atoms with Crippen molar-refractivity contribution in [2.45, 2.75) is 6.92 Å². The van der Waals surface area contributed by atoms with Crippen molar-refractivity contribution in [2.75, 3.05) is 51.5 Å². The molecule has 0 aliphatic heterocycles. The van der Waals surface area contributed by atoms with Gasteiger partial charge in [-0.15, -0.1) is 0 Å². The number of methoxy groups -OCH3 is 2. The van der Waals surface area contributed by atoms with Crippen molar-refractivity contribution in [3.63, 3.8) is 0 Å². The molecule has 0 aliphatic carbocycles. The molecule has 3 aromatic rings. The minimum absolute atomic E-state index is 0.368. The fourth-order valence-electron chi connectivity index (χ4n) is 3.11. The van der Waals surface area contributed by atoms with Crippen LogP contribution in [-0.2, 0) is 9.13 Å². The van der Waals surface area contributed by atoms with Gasteiger partial charge in [0, 0.05) is 22.4 Å². The van der Waals surface area contributed by atoms with Crippen molar-refractivity contribution in [1.29, 1.82) is 0 Å². The number of aryl methyl sites for hydroxylation is 1. The number of nitrogens with one attached hydrogen (secondary N) is 2. The molecule has 33 heavy (non-hydrogen) atoms. The van der Waals surface area contributed by atoms with Crippen LogP contribution in [0.15, 0.2) is 42.6 Å². The maximum absolute atomic E-state index is 12.4. The molecule has 176 valence electrons. The SMILES string of the molecule is COc1cc(P(C)(C)=O)ccc1Nc1ncc(C)c(Nc2ccc(P(C)(C)=O)cc2OC)n1. The Balaban J connectivity index is 1.91. The van der Waals surface area contributed by atoms with Crippen LogP contribution in [0.25, 0.3) is 0 Å². The van der Waals surface area contributed by atoms with Gasteiger partial charge in [0.15, 0.2) is 0 Å². The second-order valence-electron chi connectivity index (χ2n) is 8.45. The third kappa shape index (κ3) is 5.95. The molecule has 0 spiro atoms. The van der Waals surface area contributed by atoms with Gasteiger partial charge in [-0.05, 0) is 70.0 Å². The van der Waals surface area contributed by atoms with Crippen molar-refractivity contribution < 1.29 is 18.6 Å². The van der Waals surface area contributed by atoms with Crippen molar-refractivity contribution in [3.8, 4) is 11.5 Å². The van der Waals surface area contributed by atoms with E-state index in [4.69, 9.17) is 9.47 Å². The van der Waals surface area contributed by atoms with Gasteiger partial charge >= 0.3 is 0 Å². The molecule has 0 saturated carbocycles. The Bertz CT molecular complexity index is 1270. The summed E-state index contributed by atoms with van der Waals surface area (Å²) in [6.07, 6.45) is 1.71. The van der Waals surface area contributed by atoms with Crippen molar-refractivity contribution in [3.05, 3.63) is 48.2 Å². The first-order chi connectivity index (χ1) is 15.4. The second kappa shape index (κ2) is 9.58. The van der Waals surface area contributed by atoms with Gasteiger partial charge in [-0.3, -0.25) is 0 Å². The average molecular weight is 488 g/mol. The molecule has 0 atom stereocenters. The number of nitrogens with zero attached hydrogens (tertiary/aromatic N) is 2. The Morgan fingerprint density at radius 1 is 0.788 bits per heavy atom. The Hall–Kier alpha value is -2.82. The smallest absolute Gasteiger partial charge is 0.229 e. The molecule has 0 radical (unpaired) electrons. The van der Waals surface area contributed by atoms with E-state index in [0.29, 0.717) is 34.6 Å². The molecule has 1 aromatic heterocycles. The van der Waals surface area contributed by atoms with Crippen LogP contribution in [0, 0.1) is 6.92 Å². The van der Waals surface area contributed by atoms with Crippen LogP contribution in [0.4, 0.5) is 23.1 Å². The van der Waals surface area contributed by atoms with E-state index in [1.807, 2.05) is 25.1 Å². The summed E-state index contributed by atoms with van der Waals surface area (Å²) in [5, 5.41) is 7.92. The third-order valence-corrected chi connectivity index (χ3v) is 8.13. The normalized spacial score (nSPS) is 11.7. The fraction of sp³-hybridized carbons (Fsp3) is 0.304. The van der Waals surface area contributed by atoms with E-state index in [2.05, 4.69) is 20.6 Å². The molecule has 10 heteroatoms.